The summed E-state index contributed by atoms with van der Waals surface area (Å²) < 4.78 is 16.0. The topological polar surface area (TPSA) is 66.7 Å². The van der Waals surface area contributed by atoms with Gasteiger partial charge in [-0.05, 0) is 36.7 Å². The molecule has 0 aliphatic carbocycles. The molecule has 2 N–H and O–H groups in total. The lowest BCUT2D eigenvalue weighted by molar-refractivity contribution is 0.410. The van der Waals surface area contributed by atoms with Crippen LogP contribution in [0.3, 0.4) is 0 Å². The summed E-state index contributed by atoms with van der Waals surface area (Å²) in [5.74, 6) is -1.00. The lowest BCUT2D eigenvalue weighted by atomic mass is 10.1. The first-order valence-electron chi connectivity index (χ1n) is 7.58. The van der Waals surface area contributed by atoms with Gasteiger partial charge in [0.2, 0.25) is 5.88 Å². The van der Waals surface area contributed by atoms with Crippen molar-refractivity contribution in [3.63, 3.8) is 0 Å². The maximum absolute atomic E-state index is 13.9. The maximum atomic E-state index is 13.9. The standard InChI is InChI=1S/C18H13FN4OS/c1-10-13(9-14(19)17(24)20-10)16-21-22-18(25)23(16)15-8-4-6-11-5-2-3-7-12(11)15/h2-9H,1H3,(H,20,24)(H,22,25). The highest BCUT2D eigenvalue weighted by Gasteiger charge is 2.18. The number of hydrogen-bond acceptors (Lipinski definition) is 4. The van der Waals surface area contributed by atoms with E-state index in [0.717, 1.165) is 16.5 Å². The molecule has 2 aromatic heterocycles. The van der Waals surface area contributed by atoms with Gasteiger partial charge in [-0.3, -0.25) is 9.67 Å². The second kappa shape index (κ2) is 5.78. The second-order valence-corrected chi connectivity index (χ2v) is 6.00. The molecule has 0 unspecified atom stereocenters. The zero-order valence-electron chi connectivity index (χ0n) is 13.2. The van der Waals surface area contributed by atoms with Crippen molar-refractivity contribution in [3.05, 3.63) is 64.8 Å². The first-order valence-corrected chi connectivity index (χ1v) is 7.99. The number of pyridine rings is 1. The smallest absolute Gasteiger partial charge is 0.248 e. The van der Waals surface area contributed by atoms with E-state index in [-0.39, 0.29) is 0 Å². The fourth-order valence-electron chi connectivity index (χ4n) is 2.90. The van der Waals surface area contributed by atoms with Gasteiger partial charge < -0.3 is 5.11 Å². The van der Waals surface area contributed by atoms with Crippen LogP contribution in [-0.4, -0.2) is 24.9 Å². The van der Waals surface area contributed by atoms with Gasteiger partial charge in [0.1, 0.15) is 0 Å². The van der Waals surface area contributed by atoms with E-state index in [1.807, 2.05) is 42.5 Å². The lowest BCUT2D eigenvalue weighted by Crippen LogP contribution is -2.01. The molecule has 0 bridgehead atoms. The Morgan fingerprint density at radius 2 is 1.92 bits per heavy atom. The summed E-state index contributed by atoms with van der Waals surface area (Å²) in [5.41, 5.74) is 1.74. The van der Waals surface area contributed by atoms with Crippen molar-refractivity contribution >= 4 is 23.0 Å². The molecule has 0 saturated heterocycles. The third kappa shape index (κ3) is 2.49. The van der Waals surface area contributed by atoms with E-state index in [1.54, 1.807) is 11.5 Å². The molecule has 2 aromatic carbocycles. The largest absolute Gasteiger partial charge is 0.491 e. The van der Waals surface area contributed by atoms with E-state index in [0.29, 0.717) is 21.9 Å². The molecule has 25 heavy (non-hydrogen) atoms. The van der Waals surface area contributed by atoms with Gasteiger partial charge in [-0.25, -0.2) is 9.37 Å². The van der Waals surface area contributed by atoms with Gasteiger partial charge in [-0.2, -0.15) is 5.10 Å². The molecule has 0 aliphatic heterocycles. The molecule has 7 heteroatoms. The number of aromatic amines is 1. The Labute approximate surface area is 147 Å². The Kier molecular flexibility index (Phi) is 3.58. The molecule has 4 aromatic rings. The van der Waals surface area contributed by atoms with E-state index in [2.05, 4.69) is 15.2 Å². The molecular weight excluding hydrogens is 339 g/mol. The molecular formula is C18H13FN4OS. The minimum absolute atomic E-state index is 0.388. The number of H-pyrrole nitrogens is 1. The minimum Gasteiger partial charge on any atom is -0.491 e. The number of aromatic hydroxyl groups is 1. The molecule has 0 amide bonds. The number of rotatable bonds is 2. The fourth-order valence-corrected chi connectivity index (χ4v) is 3.13. The van der Waals surface area contributed by atoms with Crippen molar-refractivity contribution in [2.24, 2.45) is 0 Å². The van der Waals surface area contributed by atoms with E-state index in [1.165, 1.54) is 6.07 Å². The van der Waals surface area contributed by atoms with Gasteiger partial charge in [-0.15, -0.1) is 0 Å². The van der Waals surface area contributed by atoms with Crippen LogP contribution in [0, 0.1) is 17.5 Å². The molecule has 4 rings (SSSR count). The summed E-state index contributed by atoms with van der Waals surface area (Å²) in [6.07, 6.45) is 0. The maximum Gasteiger partial charge on any atom is 0.248 e. The highest BCUT2D eigenvalue weighted by molar-refractivity contribution is 7.71. The lowest BCUT2D eigenvalue weighted by Gasteiger charge is -2.11. The van der Waals surface area contributed by atoms with Crippen molar-refractivity contribution in [2.75, 3.05) is 0 Å². The van der Waals surface area contributed by atoms with E-state index in [4.69, 9.17) is 12.2 Å². The van der Waals surface area contributed by atoms with Gasteiger partial charge >= 0.3 is 0 Å². The number of nitrogens with one attached hydrogen (secondary N) is 1. The quantitative estimate of drug-likeness (QED) is 0.528. The first kappa shape index (κ1) is 15.5. The summed E-state index contributed by atoms with van der Waals surface area (Å²) in [7, 11) is 0. The molecule has 0 saturated carbocycles. The van der Waals surface area contributed by atoms with E-state index >= 15 is 0 Å². The fraction of sp³-hybridized carbons (Fsp3) is 0.0556. The summed E-state index contributed by atoms with van der Waals surface area (Å²) in [4.78, 5) is 3.84. The molecule has 0 atom stereocenters. The predicted octanol–water partition coefficient (Wildman–Crippen LogP) is 4.30. The van der Waals surface area contributed by atoms with Gasteiger partial charge in [-0.1, -0.05) is 36.4 Å². The Morgan fingerprint density at radius 1 is 1.16 bits per heavy atom. The van der Waals surface area contributed by atoms with Crippen LogP contribution in [0.2, 0.25) is 0 Å². The van der Waals surface area contributed by atoms with Crippen LogP contribution >= 0.6 is 12.2 Å². The zero-order valence-corrected chi connectivity index (χ0v) is 14.0. The van der Waals surface area contributed by atoms with Gasteiger partial charge in [0.25, 0.3) is 0 Å². The zero-order chi connectivity index (χ0) is 17.6. The summed E-state index contributed by atoms with van der Waals surface area (Å²) >= 11 is 5.40. The van der Waals surface area contributed by atoms with Crippen LogP contribution in [0.25, 0.3) is 27.8 Å². The van der Waals surface area contributed by atoms with Crippen LogP contribution in [0.5, 0.6) is 5.88 Å². The van der Waals surface area contributed by atoms with Crippen LogP contribution in [-0.2, 0) is 0 Å². The Bertz CT molecular complexity index is 1160. The van der Waals surface area contributed by atoms with Crippen LogP contribution in [0.15, 0.2) is 48.5 Å². The summed E-state index contributed by atoms with van der Waals surface area (Å²) in [6.45, 7) is 1.68. The first-order chi connectivity index (χ1) is 12.1. The van der Waals surface area contributed by atoms with Crippen molar-refractivity contribution in [2.45, 2.75) is 6.92 Å². The normalized spacial score (nSPS) is 11.1. The number of aryl methyl sites for hydroxylation is 1. The second-order valence-electron chi connectivity index (χ2n) is 5.61. The highest BCUT2D eigenvalue weighted by atomic mass is 32.1. The molecule has 0 fully saturated rings. The van der Waals surface area contributed by atoms with E-state index < -0.39 is 11.7 Å². The SMILES string of the molecule is Cc1nc(O)c(F)cc1-c1n[nH]c(=S)n1-c1cccc2ccccc12. The van der Waals surface area contributed by atoms with Gasteiger partial charge in [0.05, 0.1) is 11.4 Å². The molecule has 2 heterocycles. The summed E-state index contributed by atoms with van der Waals surface area (Å²) in [6, 6.07) is 15.0. The predicted molar refractivity (Wildman–Crippen MR) is 95.8 cm³/mol. The molecule has 0 spiro atoms. The van der Waals surface area contributed by atoms with Crippen molar-refractivity contribution in [3.8, 4) is 23.0 Å². The Balaban J connectivity index is 2.04. The monoisotopic (exact) mass is 352 g/mol. The minimum atomic E-state index is -0.806. The Hall–Kier alpha value is -3.06. The number of nitrogens with zero attached hydrogens (tertiary/aromatic N) is 3. The number of fused-ring (bicyclic) bond motifs is 1. The average Bonchev–Trinajstić information content (AvgIpc) is 2.99. The Morgan fingerprint density at radius 3 is 2.76 bits per heavy atom. The number of halogens is 1. The summed E-state index contributed by atoms with van der Waals surface area (Å²) in [5, 5.41) is 18.5. The van der Waals surface area contributed by atoms with Crippen LogP contribution < -0.4 is 0 Å². The van der Waals surface area contributed by atoms with E-state index in [9.17, 15) is 9.50 Å². The highest BCUT2D eigenvalue weighted by Crippen LogP contribution is 2.30. The van der Waals surface area contributed by atoms with Crippen LogP contribution in [0.1, 0.15) is 5.69 Å². The number of benzene rings is 2. The molecule has 0 aliphatic rings. The molecule has 0 radical (unpaired) electrons. The van der Waals surface area contributed by atoms with Crippen molar-refractivity contribution in [1.29, 1.82) is 0 Å². The number of aromatic nitrogens is 4. The van der Waals surface area contributed by atoms with Gasteiger partial charge in [0.15, 0.2) is 16.4 Å². The third-order valence-electron chi connectivity index (χ3n) is 4.07. The third-order valence-corrected chi connectivity index (χ3v) is 4.34. The van der Waals surface area contributed by atoms with Crippen LogP contribution in [0.4, 0.5) is 4.39 Å². The molecule has 5 nitrogen and oxygen atoms in total. The van der Waals surface area contributed by atoms with Crippen molar-refractivity contribution < 1.29 is 9.50 Å². The average molecular weight is 352 g/mol. The molecule has 124 valence electrons. The van der Waals surface area contributed by atoms with Crippen molar-refractivity contribution in [1.82, 2.24) is 19.7 Å². The number of hydrogen-bond donors (Lipinski definition) is 2. The van der Waals surface area contributed by atoms with Gasteiger partial charge in [0, 0.05) is 10.9 Å².